The van der Waals surface area contributed by atoms with Crippen molar-refractivity contribution >= 4 is 5.78 Å². The molecule has 1 aliphatic heterocycles. The third-order valence-electron chi connectivity index (χ3n) is 4.71. The van der Waals surface area contributed by atoms with Crippen molar-refractivity contribution in [1.82, 2.24) is 4.90 Å². The number of hydrogen-bond donors (Lipinski definition) is 0. The molecule has 2 fully saturated rings. The maximum absolute atomic E-state index is 12.0. The third-order valence-corrected chi connectivity index (χ3v) is 4.71. The molecule has 0 bridgehead atoms. The summed E-state index contributed by atoms with van der Waals surface area (Å²) in [4.78, 5) is 14.6. The Bertz CT molecular complexity index is 264. The minimum Gasteiger partial charge on any atom is -0.300 e. The molecule has 0 radical (unpaired) electrons. The van der Waals surface area contributed by atoms with Crippen LogP contribution in [0.2, 0.25) is 0 Å². The molecule has 1 heterocycles. The van der Waals surface area contributed by atoms with E-state index in [-0.39, 0.29) is 0 Å². The van der Waals surface area contributed by atoms with Crippen LogP contribution in [0.4, 0.5) is 0 Å². The molecular formula is C15H27NO. The third kappa shape index (κ3) is 3.31. The van der Waals surface area contributed by atoms with Gasteiger partial charge in [0, 0.05) is 24.9 Å². The first-order chi connectivity index (χ1) is 8.20. The van der Waals surface area contributed by atoms with Gasteiger partial charge in [0.15, 0.2) is 0 Å². The minimum atomic E-state index is 0.348. The second-order valence-corrected chi connectivity index (χ2v) is 6.08. The molecule has 0 amide bonds. The Balaban J connectivity index is 1.86. The molecule has 3 unspecified atom stereocenters. The number of nitrogens with zero attached hydrogens (tertiary/aromatic N) is 1. The number of Topliss-reactive ketones (excluding diaryl/α,β-unsaturated/α-hetero) is 1. The topological polar surface area (TPSA) is 20.3 Å². The van der Waals surface area contributed by atoms with E-state index in [1.165, 1.54) is 32.2 Å². The number of carbonyl (C=O) groups excluding carboxylic acids is 1. The lowest BCUT2D eigenvalue weighted by Gasteiger charge is -2.32. The molecule has 17 heavy (non-hydrogen) atoms. The second-order valence-electron chi connectivity index (χ2n) is 6.08. The smallest absolute Gasteiger partial charge is 0.137 e. The summed E-state index contributed by atoms with van der Waals surface area (Å²) in [7, 11) is 0. The molecule has 0 aromatic heterocycles. The van der Waals surface area contributed by atoms with Crippen molar-refractivity contribution in [3.63, 3.8) is 0 Å². The molecule has 0 aromatic rings. The van der Waals surface area contributed by atoms with Crippen molar-refractivity contribution in [3.05, 3.63) is 0 Å². The van der Waals surface area contributed by atoms with E-state index in [4.69, 9.17) is 0 Å². The number of rotatable bonds is 4. The molecule has 0 aromatic carbocycles. The Hall–Kier alpha value is -0.370. The van der Waals surface area contributed by atoms with Gasteiger partial charge in [-0.05, 0) is 45.1 Å². The highest BCUT2D eigenvalue weighted by Gasteiger charge is 2.31. The summed E-state index contributed by atoms with van der Waals surface area (Å²) in [6.45, 7) is 6.82. The molecule has 2 heteroatoms. The number of hydrogen-bond acceptors (Lipinski definition) is 2. The van der Waals surface area contributed by atoms with Gasteiger partial charge in [0.2, 0.25) is 0 Å². The largest absolute Gasteiger partial charge is 0.300 e. The van der Waals surface area contributed by atoms with Gasteiger partial charge in [-0.25, -0.2) is 0 Å². The number of likely N-dealkylation sites (tertiary alicyclic amines) is 1. The zero-order valence-electron chi connectivity index (χ0n) is 11.5. The first-order valence-electron chi connectivity index (χ1n) is 7.47. The molecule has 1 saturated carbocycles. The lowest BCUT2D eigenvalue weighted by atomic mass is 9.78. The van der Waals surface area contributed by atoms with E-state index in [1.807, 2.05) is 0 Å². The van der Waals surface area contributed by atoms with Gasteiger partial charge in [0.25, 0.3) is 0 Å². The average Bonchev–Trinajstić information content (AvgIpc) is 2.70. The van der Waals surface area contributed by atoms with Crippen LogP contribution in [0.5, 0.6) is 0 Å². The zero-order chi connectivity index (χ0) is 12.3. The molecule has 98 valence electrons. The fourth-order valence-corrected chi connectivity index (χ4v) is 3.60. The van der Waals surface area contributed by atoms with Gasteiger partial charge in [-0.1, -0.05) is 19.8 Å². The Morgan fingerprint density at radius 2 is 2.18 bits per heavy atom. The summed E-state index contributed by atoms with van der Waals surface area (Å²) in [5.41, 5.74) is 0. The summed E-state index contributed by atoms with van der Waals surface area (Å²) in [5, 5.41) is 0. The van der Waals surface area contributed by atoms with E-state index >= 15 is 0 Å². The summed E-state index contributed by atoms with van der Waals surface area (Å²) >= 11 is 0. The van der Waals surface area contributed by atoms with Crippen LogP contribution in [0.1, 0.15) is 58.8 Å². The van der Waals surface area contributed by atoms with Crippen LogP contribution < -0.4 is 0 Å². The highest BCUT2D eigenvalue weighted by molar-refractivity contribution is 5.82. The Morgan fingerprint density at radius 3 is 2.82 bits per heavy atom. The highest BCUT2D eigenvalue weighted by atomic mass is 16.1. The molecule has 2 nitrogen and oxygen atoms in total. The molecule has 1 aliphatic carbocycles. The first kappa shape index (κ1) is 13.1. The van der Waals surface area contributed by atoms with Gasteiger partial charge in [-0.15, -0.1) is 0 Å². The maximum atomic E-state index is 12.0. The zero-order valence-corrected chi connectivity index (χ0v) is 11.5. The molecule has 2 aliphatic rings. The molecule has 1 saturated heterocycles. The second kappa shape index (κ2) is 5.99. The van der Waals surface area contributed by atoms with Crippen molar-refractivity contribution in [2.45, 2.75) is 64.8 Å². The van der Waals surface area contributed by atoms with Crippen molar-refractivity contribution in [2.75, 3.05) is 13.1 Å². The van der Waals surface area contributed by atoms with E-state index < -0.39 is 0 Å². The normalized spacial score (nSPS) is 35.4. The molecule has 2 rings (SSSR count). The van der Waals surface area contributed by atoms with E-state index in [2.05, 4.69) is 18.7 Å². The predicted octanol–water partition coefficient (Wildman–Crippen LogP) is 3.26. The Kier molecular flexibility index (Phi) is 4.61. The van der Waals surface area contributed by atoms with Crippen LogP contribution in [0, 0.1) is 11.8 Å². The monoisotopic (exact) mass is 237 g/mol. The minimum absolute atomic E-state index is 0.348. The summed E-state index contributed by atoms with van der Waals surface area (Å²) in [6, 6.07) is 0.703. The fraction of sp³-hybridized carbons (Fsp3) is 0.933. The fourth-order valence-electron chi connectivity index (χ4n) is 3.60. The first-order valence-corrected chi connectivity index (χ1v) is 7.47. The molecular weight excluding hydrogens is 210 g/mol. The highest BCUT2D eigenvalue weighted by Crippen LogP contribution is 2.31. The van der Waals surface area contributed by atoms with Gasteiger partial charge >= 0.3 is 0 Å². The van der Waals surface area contributed by atoms with Gasteiger partial charge < -0.3 is 0 Å². The molecule has 0 N–H and O–H groups in total. The van der Waals surface area contributed by atoms with Gasteiger partial charge in [-0.3, -0.25) is 9.69 Å². The van der Waals surface area contributed by atoms with Crippen LogP contribution in [0.3, 0.4) is 0 Å². The maximum Gasteiger partial charge on any atom is 0.137 e. The number of carbonyl (C=O) groups is 1. The summed E-state index contributed by atoms with van der Waals surface area (Å²) in [6.07, 6.45) is 8.39. The standard InChI is InChI=1S/C15H27NO/c1-3-5-13-7-8-15(17)14(10-13)11-16-9-4-6-12(16)2/h12-14H,3-11H2,1-2H3. The van der Waals surface area contributed by atoms with Gasteiger partial charge in [0.05, 0.1) is 0 Å². The van der Waals surface area contributed by atoms with Gasteiger partial charge in [0.1, 0.15) is 5.78 Å². The van der Waals surface area contributed by atoms with Crippen molar-refractivity contribution < 1.29 is 4.79 Å². The van der Waals surface area contributed by atoms with E-state index in [1.54, 1.807) is 0 Å². The van der Waals surface area contributed by atoms with Crippen LogP contribution in [0.25, 0.3) is 0 Å². The number of ketones is 1. The van der Waals surface area contributed by atoms with E-state index in [0.29, 0.717) is 17.7 Å². The lowest BCUT2D eigenvalue weighted by molar-refractivity contribution is -0.126. The van der Waals surface area contributed by atoms with E-state index in [0.717, 1.165) is 31.7 Å². The lowest BCUT2D eigenvalue weighted by Crippen LogP contribution is -2.38. The van der Waals surface area contributed by atoms with Crippen molar-refractivity contribution in [2.24, 2.45) is 11.8 Å². The van der Waals surface area contributed by atoms with Gasteiger partial charge in [-0.2, -0.15) is 0 Å². The van der Waals surface area contributed by atoms with E-state index in [9.17, 15) is 4.79 Å². The average molecular weight is 237 g/mol. The predicted molar refractivity (Wildman–Crippen MR) is 71.0 cm³/mol. The summed E-state index contributed by atoms with van der Waals surface area (Å²) in [5.74, 6) is 1.71. The SMILES string of the molecule is CCCC1CCC(=O)C(CN2CCCC2C)C1. The van der Waals surface area contributed by atoms with Crippen molar-refractivity contribution in [3.8, 4) is 0 Å². The summed E-state index contributed by atoms with van der Waals surface area (Å²) < 4.78 is 0. The quantitative estimate of drug-likeness (QED) is 0.748. The van der Waals surface area contributed by atoms with Crippen LogP contribution in [-0.2, 0) is 4.79 Å². The van der Waals surface area contributed by atoms with Crippen molar-refractivity contribution in [1.29, 1.82) is 0 Å². The van der Waals surface area contributed by atoms with Crippen LogP contribution in [0.15, 0.2) is 0 Å². The van der Waals surface area contributed by atoms with Crippen LogP contribution >= 0.6 is 0 Å². The molecule has 0 spiro atoms. The molecule has 3 atom stereocenters. The Morgan fingerprint density at radius 1 is 1.35 bits per heavy atom. The Labute approximate surface area is 106 Å². The van der Waals surface area contributed by atoms with Crippen LogP contribution in [-0.4, -0.2) is 29.8 Å².